The molecule has 142 valence electrons. The van der Waals surface area contributed by atoms with Gasteiger partial charge in [0.15, 0.2) is 15.0 Å². The van der Waals surface area contributed by atoms with Crippen LogP contribution in [0.5, 0.6) is 5.75 Å². The van der Waals surface area contributed by atoms with Crippen LogP contribution in [0.3, 0.4) is 0 Å². The van der Waals surface area contributed by atoms with Crippen molar-refractivity contribution < 1.29 is 17.9 Å². The van der Waals surface area contributed by atoms with Gasteiger partial charge in [-0.15, -0.1) is 0 Å². The molecule has 0 saturated carbocycles. The molecule has 0 fully saturated rings. The molecule has 0 unspecified atom stereocenters. The maximum atomic E-state index is 12.7. The predicted octanol–water partition coefficient (Wildman–Crippen LogP) is 4.13. The summed E-state index contributed by atoms with van der Waals surface area (Å²) in [5, 5.41) is 2.50. The molecule has 1 amide bonds. The highest BCUT2D eigenvalue weighted by molar-refractivity contribution is 7.92. The second-order valence-corrected chi connectivity index (χ2v) is 9.63. The zero-order valence-corrected chi connectivity index (χ0v) is 16.9. The molecule has 0 aliphatic heterocycles. The van der Waals surface area contributed by atoms with Crippen LogP contribution in [0, 0.1) is 0 Å². The van der Waals surface area contributed by atoms with Gasteiger partial charge in [-0.25, -0.2) is 13.4 Å². The van der Waals surface area contributed by atoms with Gasteiger partial charge in [-0.2, -0.15) is 0 Å². The maximum absolute atomic E-state index is 12.7. The molecule has 0 bridgehead atoms. The summed E-state index contributed by atoms with van der Waals surface area (Å²) in [5.74, 6) is 0.235. The van der Waals surface area contributed by atoms with Crippen molar-refractivity contribution in [1.82, 2.24) is 4.98 Å². The number of amides is 1. The van der Waals surface area contributed by atoms with E-state index >= 15 is 0 Å². The predicted molar refractivity (Wildman–Crippen MR) is 108 cm³/mol. The Morgan fingerprint density at radius 2 is 1.96 bits per heavy atom. The van der Waals surface area contributed by atoms with Crippen LogP contribution in [0.25, 0.3) is 10.2 Å². The molecule has 1 aromatic heterocycles. The van der Waals surface area contributed by atoms with Gasteiger partial charge in [0.1, 0.15) is 5.75 Å². The molecule has 8 heteroatoms. The van der Waals surface area contributed by atoms with Crippen molar-refractivity contribution in [2.24, 2.45) is 0 Å². The fraction of sp³-hybridized carbons (Fsp3) is 0.263. The van der Waals surface area contributed by atoms with Crippen LogP contribution in [0.15, 0.2) is 47.4 Å². The van der Waals surface area contributed by atoms with Gasteiger partial charge in [-0.3, -0.25) is 10.1 Å². The van der Waals surface area contributed by atoms with Crippen LogP contribution in [0.1, 0.15) is 31.1 Å². The number of thiazole rings is 1. The number of hydrogen-bond acceptors (Lipinski definition) is 6. The average Bonchev–Trinajstić information content (AvgIpc) is 3.03. The Kier molecular flexibility index (Phi) is 5.48. The zero-order valence-electron chi connectivity index (χ0n) is 15.2. The van der Waals surface area contributed by atoms with Crippen LogP contribution < -0.4 is 10.1 Å². The summed E-state index contributed by atoms with van der Waals surface area (Å²) in [6.07, 6.45) is 0. The topological polar surface area (TPSA) is 85.4 Å². The molecule has 1 N–H and O–H groups in total. The van der Waals surface area contributed by atoms with Crippen molar-refractivity contribution in [3.05, 3.63) is 48.0 Å². The molecule has 0 atom stereocenters. The number of rotatable bonds is 6. The zero-order chi connectivity index (χ0) is 19.6. The van der Waals surface area contributed by atoms with E-state index in [1.807, 2.05) is 25.1 Å². The van der Waals surface area contributed by atoms with E-state index in [0.717, 1.165) is 16.0 Å². The van der Waals surface area contributed by atoms with Crippen LogP contribution in [-0.4, -0.2) is 31.2 Å². The first kappa shape index (κ1) is 19.3. The van der Waals surface area contributed by atoms with E-state index in [2.05, 4.69) is 10.3 Å². The average molecular weight is 405 g/mol. The first-order chi connectivity index (χ1) is 12.8. The molecule has 3 rings (SSSR count). The van der Waals surface area contributed by atoms with Crippen LogP contribution in [-0.2, 0) is 9.84 Å². The standard InChI is InChI=1S/C19H20N2O4S2/c1-4-25-13-9-10-15-16(11-13)26-19(20-15)21-18(22)14-7-5-6-8-17(14)27(23,24)12(2)3/h5-12H,4H2,1-3H3,(H,20,21,22). The Bertz CT molecular complexity index is 1090. The third-order valence-corrected chi connectivity index (χ3v) is 7.09. The van der Waals surface area contributed by atoms with Gasteiger partial charge in [0.05, 0.1) is 32.5 Å². The fourth-order valence-corrected chi connectivity index (χ4v) is 4.67. The number of sulfone groups is 1. The second kappa shape index (κ2) is 7.66. The minimum Gasteiger partial charge on any atom is -0.494 e. The van der Waals surface area contributed by atoms with Gasteiger partial charge in [0, 0.05) is 0 Å². The normalized spacial score (nSPS) is 11.7. The Hall–Kier alpha value is -2.45. The third-order valence-electron chi connectivity index (χ3n) is 3.95. The molecular weight excluding hydrogens is 384 g/mol. The molecule has 0 aliphatic carbocycles. The lowest BCUT2D eigenvalue weighted by Crippen LogP contribution is -2.20. The van der Waals surface area contributed by atoms with Crippen LogP contribution in [0.4, 0.5) is 5.13 Å². The van der Waals surface area contributed by atoms with E-state index in [9.17, 15) is 13.2 Å². The summed E-state index contributed by atoms with van der Waals surface area (Å²) in [6, 6.07) is 11.7. The molecule has 27 heavy (non-hydrogen) atoms. The van der Waals surface area contributed by atoms with Crippen LogP contribution >= 0.6 is 11.3 Å². The van der Waals surface area contributed by atoms with E-state index in [-0.39, 0.29) is 10.5 Å². The molecule has 0 spiro atoms. The molecule has 3 aromatic rings. The minimum atomic E-state index is -3.58. The van der Waals surface area contributed by atoms with Gasteiger partial charge >= 0.3 is 0 Å². The van der Waals surface area contributed by atoms with E-state index in [1.54, 1.807) is 26.0 Å². The summed E-state index contributed by atoms with van der Waals surface area (Å²) >= 11 is 1.31. The lowest BCUT2D eigenvalue weighted by Gasteiger charge is -2.12. The number of carbonyl (C=O) groups is 1. The first-order valence-corrected chi connectivity index (χ1v) is 10.9. The molecule has 1 heterocycles. The number of carbonyl (C=O) groups excluding carboxylic acids is 1. The van der Waals surface area contributed by atoms with Crippen molar-refractivity contribution in [1.29, 1.82) is 0 Å². The lowest BCUT2D eigenvalue weighted by atomic mass is 10.2. The molecular formula is C19H20N2O4S2. The summed E-state index contributed by atoms with van der Waals surface area (Å²) < 4.78 is 31.4. The fourth-order valence-electron chi connectivity index (χ4n) is 2.54. The smallest absolute Gasteiger partial charge is 0.258 e. The molecule has 0 aliphatic rings. The van der Waals surface area contributed by atoms with Crippen molar-refractivity contribution in [3.63, 3.8) is 0 Å². The highest BCUT2D eigenvalue weighted by Gasteiger charge is 2.25. The molecule has 0 saturated heterocycles. The number of hydrogen-bond donors (Lipinski definition) is 1. The van der Waals surface area contributed by atoms with Gasteiger partial charge in [-0.05, 0) is 51.1 Å². The van der Waals surface area contributed by atoms with Crippen molar-refractivity contribution in [2.75, 3.05) is 11.9 Å². The highest BCUT2D eigenvalue weighted by Crippen LogP contribution is 2.30. The molecule has 6 nitrogen and oxygen atoms in total. The number of benzene rings is 2. The van der Waals surface area contributed by atoms with Gasteiger partial charge in [0.2, 0.25) is 0 Å². The summed E-state index contributed by atoms with van der Waals surface area (Å²) in [7, 11) is -3.58. The SMILES string of the molecule is CCOc1ccc2nc(NC(=O)c3ccccc3S(=O)(=O)C(C)C)sc2c1. The lowest BCUT2D eigenvalue weighted by molar-refractivity contribution is 0.102. The third kappa shape index (κ3) is 3.96. The summed E-state index contributed by atoms with van der Waals surface area (Å²) in [4.78, 5) is 17.1. The second-order valence-electron chi connectivity index (χ2n) is 6.13. The van der Waals surface area contributed by atoms with Gasteiger partial charge in [0.25, 0.3) is 5.91 Å². The van der Waals surface area contributed by atoms with E-state index in [4.69, 9.17) is 4.74 Å². The maximum Gasteiger partial charge on any atom is 0.258 e. The number of ether oxygens (including phenoxy) is 1. The Balaban J connectivity index is 1.91. The first-order valence-electron chi connectivity index (χ1n) is 8.50. The Morgan fingerprint density at radius 1 is 1.22 bits per heavy atom. The number of anilines is 1. The number of nitrogens with zero attached hydrogens (tertiary/aromatic N) is 1. The van der Waals surface area contributed by atoms with Gasteiger partial charge < -0.3 is 4.74 Å². The Morgan fingerprint density at radius 3 is 2.67 bits per heavy atom. The quantitative estimate of drug-likeness (QED) is 0.668. The van der Waals surface area contributed by atoms with Gasteiger partial charge in [-0.1, -0.05) is 23.5 Å². The highest BCUT2D eigenvalue weighted by atomic mass is 32.2. The van der Waals surface area contributed by atoms with E-state index < -0.39 is 21.0 Å². The Labute approximate surface area is 162 Å². The number of aromatic nitrogens is 1. The number of fused-ring (bicyclic) bond motifs is 1. The number of nitrogens with one attached hydrogen (secondary N) is 1. The van der Waals surface area contributed by atoms with Crippen LogP contribution in [0.2, 0.25) is 0 Å². The summed E-state index contributed by atoms with van der Waals surface area (Å²) in [6.45, 7) is 5.65. The van der Waals surface area contributed by atoms with Crippen molar-refractivity contribution in [3.8, 4) is 5.75 Å². The molecule has 0 radical (unpaired) electrons. The van der Waals surface area contributed by atoms with Crippen molar-refractivity contribution in [2.45, 2.75) is 30.9 Å². The van der Waals surface area contributed by atoms with Crippen molar-refractivity contribution >= 4 is 42.4 Å². The largest absolute Gasteiger partial charge is 0.494 e. The minimum absolute atomic E-state index is 0.0252. The van der Waals surface area contributed by atoms with E-state index in [1.165, 1.54) is 23.5 Å². The monoisotopic (exact) mass is 404 g/mol. The van der Waals surface area contributed by atoms with E-state index in [0.29, 0.717) is 11.7 Å². The summed E-state index contributed by atoms with van der Waals surface area (Å²) in [5.41, 5.74) is 0.849. The molecule has 2 aromatic carbocycles.